The van der Waals surface area contributed by atoms with E-state index in [0.29, 0.717) is 0 Å². The smallest absolute Gasteiger partial charge is 0.149 e. The van der Waals surface area contributed by atoms with Gasteiger partial charge in [0.15, 0.2) is 0 Å². The van der Waals surface area contributed by atoms with Crippen LogP contribution in [-0.4, -0.2) is 7.11 Å². The maximum Gasteiger partial charge on any atom is 0.149 e. The first-order valence-electron chi connectivity index (χ1n) is 8.02. The molecule has 1 aliphatic rings. The maximum atomic E-state index is 6.38. The van der Waals surface area contributed by atoms with Gasteiger partial charge in [0.1, 0.15) is 17.6 Å². The zero-order valence-corrected chi connectivity index (χ0v) is 13.5. The van der Waals surface area contributed by atoms with E-state index in [1.165, 1.54) is 11.1 Å². The molecule has 4 rings (SSSR count). The fourth-order valence-electron chi connectivity index (χ4n) is 3.04. The number of rotatable bonds is 3. The second-order valence-corrected chi connectivity index (χ2v) is 5.78. The van der Waals surface area contributed by atoms with E-state index in [2.05, 4.69) is 42.5 Å². The molecule has 0 radical (unpaired) electrons. The first-order chi connectivity index (χ1) is 11.8. The minimum Gasteiger partial charge on any atom is -0.497 e. The van der Waals surface area contributed by atoms with Crippen molar-refractivity contribution in [1.82, 2.24) is 0 Å². The van der Waals surface area contributed by atoms with Crippen molar-refractivity contribution in [3.8, 4) is 11.5 Å². The van der Waals surface area contributed by atoms with Crippen LogP contribution in [0.4, 0.5) is 0 Å². The molecule has 3 aromatic rings. The van der Waals surface area contributed by atoms with Gasteiger partial charge in [0, 0.05) is 17.2 Å². The SMILES string of the molecule is COc1ccc2c(c1)OC(c1ccccc1)C(c1ccccc1)=C2. The first kappa shape index (κ1) is 14.6. The van der Waals surface area contributed by atoms with Gasteiger partial charge in [-0.3, -0.25) is 0 Å². The van der Waals surface area contributed by atoms with Crippen LogP contribution in [0.25, 0.3) is 11.6 Å². The lowest BCUT2D eigenvalue weighted by Crippen LogP contribution is -2.14. The molecular formula is C22H18O2. The molecule has 118 valence electrons. The van der Waals surface area contributed by atoms with Gasteiger partial charge in [-0.05, 0) is 29.3 Å². The Bertz CT molecular complexity index is 867. The second kappa shape index (κ2) is 6.25. The summed E-state index contributed by atoms with van der Waals surface area (Å²) in [7, 11) is 1.67. The third kappa shape index (κ3) is 2.67. The van der Waals surface area contributed by atoms with Gasteiger partial charge in [0.2, 0.25) is 0 Å². The summed E-state index contributed by atoms with van der Waals surface area (Å²) in [6.07, 6.45) is 2.08. The highest BCUT2D eigenvalue weighted by Crippen LogP contribution is 2.43. The summed E-state index contributed by atoms with van der Waals surface area (Å²) in [4.78, 5) is 0. The van der Waals surface area contributed by atoms with Crippen molar-refractivity contribution in [2.75, 3.05) is 7.11 Å². The Kier molecular flexibility index (Phi) is 3.80. The molecule has 3 aromatic carbocycles. The fourth-order valence-corrected chi connectivity index (χ4v) is 3.04. The standard InChI is InChI=1S/C22H18O2/c1-23-19-13-12-18-14-20(16-8-4-2-5-9-16)22(24-21(18)15-19)17-10-6-3-7-11-17/h2-15,22H,1H3. The van der Waals surface area contributed by atoms with Crippen molar-refractivity contribution < 1.29 is 9.47 Å². The van der Waals surface area contributed by atoms with Crippen molar-refractivity contribution in [1.29, 1.82) is 0 Å². The van der Waals surface area contributed by atoms with Gasteiger partial charge in [-0.25, -0.2) is 0 Å². The summed E-state index contributed by atoms with van der Waals surface area (Å²) >= 11 is 0. The molecular weight excluding hydrogens is 296 g/mol. The molecule has 1 heterocycles. The van der Waals surface area contributed by atoms with Gasteiger partial charge in [0.25, 0.3) is 0 Å². The Hall–Kier alpha value is -3.00. The van der Waals surface area contributed by atoms with Gasteiger partial charge < -0.3 is 9.47 Å². The molecule has 0 saturated heterocycles. The molecule has 0 aliphatic carbocycles. The lowest BCUT2D eigenvalue weighted by Gasteiger charge is -2.28. The van der Waals surface area contributed by atoms with Gasteiger partial charge in [0.05, 0.1) is 7.11 Å². The quantitative estimate of drug-likeness (QED) is 0.647. The van der Waals surface area contributed by atoms with E-state index in [1.807, 2.05) is 42.5 Å². The van der Waals surface area contributed by atoms with E-state index in [9.17, 15) is 0 Å². The van der Waals surface area contributed by atoms with Gasteiger partial charge in [-0.2, -0.15) is 0 Å². The van der Waals surface area contributed by atoms with E-state index in [-0.39, 0.29) is 6.10 Å². The summed E-state index contributed by atoms with van der Waals surface area (Å²) in [6.45, 7) is 0. The molecule has 0 N–H and O–H groups in total. The zero-order valence-electron chi connectivity index (χ0n) is 13.5. The Labute approximate surface area is 142 Å². The number of benzene rings is 3. The van der Waals surface area contributed by atoms with Crippen molar-refractivity contribution in [3.63, 3.8) is 0 Å². The minimum atomic E-state index is -0.131. The number of methoxy groups -OCH3 is 1. The van der Waals surface area contributed by atoms with Crippen LogP contribution < -0.4 is 9.47 Å². The number of hydrogen-bond donors (Lipinski definition) is 0. The third-order valence-corrected chi connectivity index (χ3v) is 4.27. The first-order valence-corrected chi connectivity index (χ1v) is 8.02. The predicted octanol–water partition coefficient (Wildman–Crippen LogP) is 5.37. The van der Waals surface area contributed by atoms with Gasteiger partial charge in [-0.1, -0.05) is 60.7 Å². The van der Waals surface area contributed by atoms with Crippen molar-refractivity contribution in [3.05, 3.63) is 95.6 Å². The van der Waals surface area contributed by atoms with Crippen LogP contribution in [-0.2, 0) is 0 Å². The molecule has 2 heteroatoms. The summed E-state index contributed by atoms with van der Waals surface area (Å²) < 4.78 is 11.7. The highest BCUT2D eigenvalue weighted by molar-refractivity contribution is 5.88. The molecule has 0 amide bonds. The monoisotopic (exact) mass is 314 g/mol. The second-order valence-electron chi connectivity index (χ2n) is 5.78. The van der Waals surface area contributed by atoms with Crippen LogP contribution in [0.2, 0.25) is 0 Å². The average Bonchev–Trinajstić information content (AvgIpc) is 2.68. The summed E-state index contributed by atoms with van der Waals surface area (Å²) in [5.41, 5.74) is 4.55. The zero-order chi connectivity index (χ0) is 16.4. The molecule has 24 heavy (non-hydrogen) atoms. The van der Waals surface area contributed by atoms with Crippen LogP contribution in [0.1, 0.15) is 22.8 Å². The van der Waals surface area contributed by atoms with E-state index in [0.717, 1.165) is 22.6 Å². The molecule has 1 aliphatic heterocycles. The molecule has 0 saturated carbocycles. The normalized spacial score (nSPS) is 15.9. The number of ether oxygens (including phenoxy) is 2. The Morgan fingerprint density at radius 1 is 0.833 bits per heavy atom. The van der Waals surface area contributed by atoms with E-state index >= 15 is 0 Å². The summed E-state index contributed by atoms with van der Waals surface area (Å²) in [5, 5.41) is 0. The Balaban J connectivity index is 1.86. The van der Waals surface area contributed by atoms with Crippen molar-refractivity contribution in [2.45, 2.75) is 6.10 Å². The van der Waals surface area contributed by atoms with Crippen LogP contribution in [0.15, 0.2) is 78.9 Å². The van der Waals surface area contributed by atoms with Crippen molar-refractivity contribution in [2.24, 2.45) is 0 Å². The molecule has 2 nitrogen and oxygen atoms in total. The Morgan fingerprint density at radius 2 is 1.54 bits per heavy atom. The fraction of sp³-hybridized carbons (Fsp3) is 0.0909. The molecule has 0 fully saturated rings. The van der Waals surface area contributed by atoms with Crippen LogP contribution in [0, 0.1) is 0 Å². The number of hydrogen-bond acceptors (Lipinski definition) is 2. The number of fused-ring (bicyclic) bond motifs is 1. The van der Waals surface area contributed by atoms with Crippen LogP contribution in [0.3, 0.4) is 0 Å². The lowest BCUT2D eigenvalue weighted by atomic mass is 9.91. The van der Waals surface area contributed by atoms with E-state index in [4.69, 9.17) is 9.47 Å². The maximum absolute atomic E-state index is 6.38. The largest absolute Gasteiger partial charge is 0.497 e. The van der Waals surface area contributed by atoms with Gasteiger partial charge in [-0.15, -0.1) is 0 Å². The lowest BCUT2D eigenvalue weighted by molar-refractivity contribution is 0.259. The van der Waals surface area contributed by atoms with Crippen LogP contribution in [0.5, 0.6) is 11.5 Å². The van der Waals surface area contributed by atoms with Gasteiger partial charge >= 0.3 is 0 Å². The predicted molar refractivity (Wildman–Crippen MR) is 97.1 cm³/mol. The topological polar surface area (TPSA) is 18.5 Å². The highest BCUT2D eigenvalue weighted by atomic mass is 16.5. The van der Waals surface area contributed by atoms with Crippen molar-refractivity contribution >= 4 is 11.6 Å². The third-order valence-electron chi connectivity index (χ3n) is 4.27. The molecule has 1 atom stereocenters. The molecule has 0 aromatic heterocycles. The average molecular weight is 314 g/mol. The summed E-state index contributed by atoms with van der Waals surface area (Å²) in [5.74, 6) is 1.65. The van der Waals surface area contributed by atoms with E-state index in [1.54, 1.807) is 7.11 Å². The van der Waals surface area contributed by atoms with Crippen LogP contribution >= 0.6 is 0 Å². The summed E-state index contributed by atoms with van der Waals surface area (Å²) in [6, 6.07) is 26.7. The minimum absolute atomic E-state index is 0.131. The Morgan fingerprint density at radius 3 is 2.25 bits per heavy atom. The highest BCUT2D eigenvalue weighted by Gasteiger charge is 2.25. The molecule has 0 spiro atoms. The van der Waals surface area contributed by atoms with E-state index < -0.39 is 0 Å². The molecule has 1 unspecified atom stereocenters. The molecule has 0 bridgehead atoms.